The molecule has 2 aromatic rings. The Balaban J connectivity index is 1.87. The first-order chi connectivity index (χ1) is 8.29. The van der Waals surface area contributed by atoms with Crippen molar-refractivity contribution in [2.45, 2.75) is 33.4 Å². The maximum Gasteiger partial charge on any atom is 0.0313 e. The van der Waals surface area contributed by atoms with Crippen LogP contribution < -0.4 is 5.32 Å². The van der Waals surface area contributed by atoms with Gasteiger partial charge >= 0.3 is 0 Å². The summed E-state index contributed by atoms with van der Waals surface area (Å²) < 4.78 is 0. The Kier molecular flexibility index (Phi) is 4.29. The largest absolute Gasteiger partial charge is 0.308 e. The molecule has 90 valence electrons. The molecule has 0 fully saturated rings. The highest BCUT2D eigenvalue weighted by Crippen LogP contribution is 2.17. The second-order valence-corrected chi connectivity index (χ2v) is 5.20. The molecule has 0 radical (unpaired) electrons. The van der Waals surface area contributed by atoms with Gasteiger partial charge in [-0.25, -0.2) is 0 Å². The minimum Gasteiger partial charge on any atom is -0.308 e. The molecule has 0 aliphatic rings. The van der Waals surface area contributed by atoms with Crippen LogP contribution in [-0.2, 0) is 19.5 Å². The van der Waals surface area contributed by atoms with Crippen molar-refractivity contribution >= 4 is 11.3 Å². The Morgan fingerprint density at radius 3 is 2.94 bits per heavy atom. The van der Waals surface area contributed by atoms with Gasteiger partial charge in [0.25, 0.3) is 0 Å². The molecule has 0 bridgehead atoms. The van der Waals surface area contributed by atoms with E-state index in [4.69, 9.17) is 0 Å². The molecule has 0 amide bonds. The summed E-state index contributed by atoms with van der Waals surface area (Å²) in [5.41, 5.74) is 3.93. The number of thiophene rings is 1. The molecule has 2 aromatic heterocycles. The fraction of sp³-hybridized carbons (Fsp3) is 0.357. The molecule has 2 heterocycles. The number of aromatic nitrogens is 1. The van der Waals surface area contributed by atoms with Crippen LogP contribution >= 0.6 is 11.3 Å². The summed E-state index contributed by atoms with van der Waals surface area (Å²) in [6, 6.07) is 4.39. The number of aryl methyl sites for hydroxylation is 2. The number of nitrogens with one attached hydrogen (secondary N) is 1. The molecule has 0 saturated heterocycles. The molecular weight excluding hydrogens is 228 g/mol. The van der Waals surface area contributed by atoms with Crippen molar-refractivity contribution in [3.8, 4) is 0 Å². The summed E-state index contributed by atoms with van der Waals surface area (Å²) in [7, 11) is 0. The van der Waals surface area contributed by atoms with E-state index in [1.54, 1.807) is 0 Å². The average Bonchev–Trinajstić information content (AvgIpc) is 2.77. The van der Waals surface area contributed by atoms with Gasteiger partial charge in [0.05, 0.1) is 0 Å². The Morgan fingerprint density at radius 1 is 1.29 bits per heavy atom. The molecule has 2 nitrogen and oxygen atoms in total. The Hall–Kier alpha value is -1.19. The lowest BCUT2D eigenvalue weighted by Gasteiger charge is -2.05. The van der Waals surface area contributed by atoms with Crippen molar-refractivity contribution < 1.29 is 0 Å². The van der Waals surface area contributed by atoms with Gasteiger partial charge in [0.15, 0.2) is 0 Å². The lowest BCUT2D eigenvalue weighted by molar-refractivity contribution is 0.694. The highest BCUT2D eigenvalue weighted by Gasteiger charge is 2.01. The van der Waals surface area contributed by atoms with E-state index < -0.39 is 0 Å². The molecule has 2 rings (SSSR count). The number of hydrogen-bond donors (Lipinski definition) is 1. The van der Waals surface area contributed by atoms with E-state index in [9.17, 15) is 0 Å². The summed E-state index contributed by atoms with van der Waals surface area (Å²) in [5, 5.41) is 5.65. The maximum absolute atomic E-state index is 4.20. The molecule has 17 heavy (non-hydrogen) atoms. The molecule has 0 aliphatic carbocycles. The highest BCUT2D eigenvalue weighted by atomic mass is 32.1. The first-order valence-corrected chi connectivity index (χ1v) is 6.84. The Bertz CT molecular complexity index is 477. The van der Waals surface area contributed by atoms with Gasteiger partial charge < -0.3 is 5.32 Å². The van der Waals surface area contributed by atoms with Crippen LogP contribution in [0.3, 0.4) is 0 Å². The quantitative estimate of drug-likeness (QED) is 0.875. The van der Waals surface area contributed by atoms with Crippen molar-refractivity contribution in [3.05, 3.63) is 51.5 Å². The van der Waals surface area contributed by atoms with Crippen molar-refractivity contribution in [2.24, 2.45) is 0 Å². The topological polar surface area (TPSA) is 24.9 Å². The van der Waals surface area contributed by atoms with Crippen LogP contribution in [0, 0.1) is 6.92 Å². The number of rotatable bonds is 5. The fourth-order valence-corrected chi connectivity index (χ4v) is 2.82. The van der Waals surface area contributed by atoms with Gasteiger partial charge in [0.1, 0.15) is 0 Å². The molecule has 0 aromatic carbocycles. The minimum atomic E-state index is 0.885. The van der Waals surface area contributed by atoms with Crippen LogP contribution in [0.15, 0.2) is 29.9 Å². The van der Waals surface area contributed by atoms with Crippen LogP contribution in [0.25, 0.3) is 0 Å². The van der Waals surface area contributed by atoms with E-state index in [2.05, 4.69) is 41.7 Å². The monoisotopic (exact) mass is 246 g/mol. The second-order valence-electron chi connectivity index (χ2n) is 4.20. The third-order valence-corrected chi connectivity index (χ3v) is 3.73. The number of nitrogens with zero attached hydrogens (tertiary/aromatic N) is 1. The molecule has 0 saturated carbocycles. The van der Waals surface area contributed by atoms with Crippen molar-refractivity contribution in [2.75, 3.05) is 0 Å². The summed E-state index contributed by atoms with van der Waals surface area (Å²) in [4.78, 5) is 5.65. The zero-order valence-electron chi connectivity index (χ0n) is 10.4. The second kappa shape index (κ2) is 5.94. The molecule has 0 unspecified atom stereocenters. The first-order valence-electron chi connectivity index (χ1n) is 5.96. The average molecular weight is 246 g/mol. The van der Waals surface area contributed by atoms with Crippen LogP contribution in [0.1, 0.15) is 28.5 Å². The van der Waals surface area contributed by atoms with E-state index in [-0.39, 0.29) is 0 Å². The SMILES string of the molecule is CCc1ccsc1CNCc1cncc(C)c1. The van der Waals surface area contributed by atoms with Gasteiger partial charge in [-0.2, -0.15) is 0 Å². The van der Waals surface area contributed by atoms with Gasteiger partial charge in [-0.15, -0.1) is 11.3 Å². The van der Waals surface area contributed by atoms with E-state index in [1.807, 2.05) is 23.7 Å². The lowest BCUT2D eigenvalue weighted by atomic mass is 10.2. The van der Waals surface area contributed by atoms with Crippen molar-refractivity contribution in [3.63, 3.8) is 0 Å². The zero-order valence-corrected chi connectivity index (χ0v) is 11.2. The van der Waals surface area contributed by atoms with Crippen LogP contribution in [0.5, 0.6) is 0 Å². The summed E-state index contributed by atoms with van der Waals surface area (Å²) in [6.07, 6.45) is 4.93. The van der Waals surface area contributed by atoms with E-state index >= 15 is 0 Å². The van der Waals surface area contributed by atoms with E-state index in [1.165, 1.54) is 21.6 Å². The van der Waals surface area contributed by atoms with E-state index in [0.29, 0.717) is 0 Å². The molecule has 0 atom stereocenters. The van der Waals surface area contributed by atoms with Gasteiger partial charge in [0.2, 0.25) is 0 Å². The van der Waals surface area contributed by atoms with Gasteiger partial charge in [-0.1, -0.05) is 13.0 Å². The molecule has 0 aliphatic heterocycles. The normalized spacial score (nSPS) is 10.7. The zero-order chi connectivity index (χ0) is 12.1. The first kappa shape index (κ1) is 12.3. The summed E-state index contributed by atoms with van der Waals surface area (Å²) >= 11 is 1.83. The summed E-state index contributed by atoms with van der Waals surface area (Å²) in [6.45, 7) is 6.12. The van der Waals surface area contributed by atoms with Crippen LogP contribution in [0.2, 0.25) is 0 Å². The smallest absolute Gasteiger partial charge is 0.0313 e. The predicted octanol–water partition coefficient (Wildman–Crippen LogP) is 3.30. The number of pyridine rings is 1. The molecule has 0 spiro atoms. The molecule has 3 heteroatoms. The predicted molar refractivity (Wildman–Crippen MR) is 73.2 cm³/mol. The van der Waals surface area contributed by atoms with Crippen molar-refractivity contribution in [1.82, 2.24) is 10.3 Å². The van der Waals surface area contributed by atoms with E-state index in [0.717, 1.165) is 19.5 Å². The van der Waals surface area contributed by atoms with Gasteiger partial charge in [-0.05, 0) is 41.5 Å². The third kappa shape index (κ3) is 3.38. The van der Waals surface area contributed by atoms with Crippen LogP contribution in [-0.4, -0.2) is 4.98 Å². The summed E-state index contributed by atoms with van der Waals surface area (Å²) in [5.74, 6) is 0. The van der Waals surface area contributed by atoms with Gasteiger partial charge in [-0.3, -0.25) is 4.98 Å². The minimum absolute atomic E-state index is 0.885. The van der Waals surface area contributed by atoms with Crippen molar-refractivity contribution in [1.29, 1.82) is 0 Å². The standard InChI is InChI=1S/C14H18N2S/c1-3-13-4-5-17-14(13)10-16-9-12-6-11(2)7-15-8-12/h4-8,16H,3,9-10H2,1-2H3. The lowest BCUT2D eigenvalue weighted by Crippen LogP contribution is -2.12. The molecular formula is C14H18N2S. The Labute approximate surface area is 107 Å². The highest BCUT2D eigenvalue weighted by molar-refractivity contribution is 7.10. The molecule has 1 N–H and O–H groups in total. The Morgan fingerprint density at radius 2 is 2.18 bits per heavy atom. The fourth-order valence-electron chi connectivity index (χ4n) is 1.87. The van der Waals surface area contributed by atoms with Gasteiger partial charge in [0, 0.05) is 30.4 Å². The maximum atomic E-state index is 4.20. The van der Waals surface area contributed by atoms with Crippen LogP contribution in [0.4, 0.5) is 0 Å². The number of hydrogen-bond acceptors (Lipinski definition) is 3. The third-order valence-electron chi connectivity index (χ3n) is 2.76.